The molecule has 0 aliphatic heterocycles. The van der Waals surface area contributed by atoms with Gasteiger partial charge in [-0.2, -0.15) is 0 Å². The van der Waals surface area contributed by atoms with Crippen molar-refractivity contribution in [2.75, 3.05) is 6.54 Å². The topological polar surface area (TPSA) is 70.7 Å². The third-order valence-electron chi connectivity index (χ3n) is 3.78. The van der Waals surface area contributed by atoms with E-state index in [1.54, 1.807) is 0 Å². The standard InChI is InChI=1S/C16H18N4OS/c1-3-13-15(22-20-19-13)16(21)17-9-8-11-10(2)18-14-7-5-4-6-12(11)14/h4-7,18H,3,8-9H2,1-2H3,(H,17,21). The Morgan fingerprint density at radius 3 is 3.00 bits per heavy atom. The molecule has 2 heterocycles. The number of para-hydroxylation sites is 1. The summed E-state index contributed by atoms with van der Waals surface area (Å²) < 4.78 is 3.85. The number of carbonyl (C=O) groups is 1. The van der Waals surface area contributed by atoms with Crippen molar-refractivity contribution in [2.24, 2.45) is 0 Å². The maximum atomic E-state index is 12.2. The van der Waals surface area contributed by atoms with Crippen molar-refractivity contribution in [1.82, 2.24) is 19.9 Å². The molecule has 2 aromatic heterocycles. The zero-order valence-corrected chi connectivity index (χ0v) is 13.5. The molecule has 0 unspecified atom stereocenters. The van der Waals surface area contributed by atoms with Gasteiger partial charge in [-0.25, -0.2) is 0 Å². The molecule has 1 amide bonds. The molecule has 0 radical (unpaired) electrons. The minimum atomic E-state index is -0.0793. The molecule has 0 aliphatic carbocycles. The number of hydrogen-bond acceptors (Lipinski definition) is 4. The Kier molecular flexibility index (Phi) is 4.20. The van der Waals surface area contributed by atoms with Gasteiger partial charge in [0.2, 0.25) is 0 Å². The normalized spacial score (nSPS) is 11.0. The summed E-state index contributed by atoms with van der Waals surface area (Å²) in [6.45, 7) is 4.64. The third kappa shape index (κ3) is 2.74. The van der Waals surface area contributed by atoms with E-state index in [9.17, 15) is 4.79 Å². The summed E-state index contributed by atoms with van der Waals surface area (Å²) >= 11 is 1.16. The summed E-state index contributed by atoms with van der Waals surface area (Å²) in [5.41, 5.74) is 4.32. The van der Waals surface area contributed by atoms with E-state index in [4.69, 9.17) is 0 Å². The van der Waals surface area contributed by atoms with Gasteiger partial charge in [-0.05, 0) is 42.9 Å². The average Bonchev–Trinajstić information content (AvgIpc) is 3.11. The molecule has 2 N–H and O–H groups in total. The van der Waals surface area contributed by atoms with Crippen molar-refractivity contribution in [2.45, 2.75) is 26.7 Å². The molecule has 114 valence electrons. The Balaban J connectivity index is 1.68. The zero-order chi connectivity index (χ0) is 15.5. The number of rotatable bonds is 5. The van der Waals surface area contributed by atoms with Gasteiger partial charge in [0.05, 0.1) is 5.69 Å². The summed E-state index contributed by atoms with van der Waals surface area (Å²) in [6, 6.07) is 8.24. The largest absolute Gasteiger partial charge is 0.358 e. The summed E-state index contributed by atoms with van der Waals surface area (Å²) in [6.07, 6.45) is 1.52. The zero-order valence-electron chi connectivity index (χ0n) is 12.6. The summed E-state index contributed by atoms with van der Waals surface area (Å²) in [5, 5.41) is 8.16. The molecule has 0 aliphatic rings. The number of aromatic nitrogens is 3. The monoisotopic (exact) mass is 314 g/mol. The van der Waals surface area contributed by atoms with Gasteiger partial charge in [-0.15, -0.1) is 5.10 Å². The average molecular weight is 314 g/mol. The van der Waals surface area contributed by atoms with Gasteiger partial charge in [0.25, 0.3) is 5.91 Å². The fourth-order valence-corrected chi connectivity index (χ4v) is 3.32. The first-order chi connectivity index (χ1) is 10.7. The van der Waals surface area contributed by atoms with Crippen LogP contribution in [0.5, 0.6) is 0 Å². The van der Waals surface area contributed by atoms with Crippen molar-refractivity contribution < 1.29 is 4.79 Å². The number of H-pyrrole nitrogens is 1. The number of aryl methyl sites for hydroxylation is 2. The smallest absolute Gasteiger partial charge is 0.264 e. The van der Waals surface area contributed by atoms with Crippen LogP contribution in [0.15, 0.2) is 24.3 Å². The second-order valence-electron chi connectivity index (χ2n) is 5.18. The highest BCUT2D eigenvalue weighted by Gasteiger charge is 2.15. The molecule has 0 saturated carbocycles. The van der Waals surface area contributed by atoms with Crippen molar-refractivity contribution in [3.8, 4) is 0 Å². The third-order valence-corrected chi connectivity index (χ3v) is 4.55. The molecule has 0 spiro atoms. The highest BCUT2D eigenvalue weighted by Crippen LogP contribution is 2.22. The molecule has 5 nitrogen and oxygen atoms in total. The lowest BCUT2D eigenvalue weighted by atomic mass is 10.1. The van der Waals surface area contributed by atoms with Gasteiger partial charge < -0.3 is 10.3 Å². The molecule has 6 heteroatoms. The van der Waals surface area contributed by atoms with Crippen molar-refractivity contribution in [3.05, 3.63) is 46.1 Å². The van der Waals surface area contributed by atoms with Crippen LogP contribution in [0.2, 0.25) is 0 Å². The number of fused-ring (bicyclic) bond motifs is 1. The molecular weight excluding hydrogens is 296 g/mol. The van der Waals surface area contributed by atoms with Gasteiger partial charge in [-0.3, -0.25) is 4.79 Å². The fraction of sp³-hybridized carbons (Fsp3) is 0.312. The Morgan fingerprint density at radius 2 is 2.18 bits per heavy atom. The first-order valence-corrected chi connectivity index (χ1v) is 8.13. The quantitative estimate of drug-likeness (QED) is 0.761. The van der Waals surface area contributed by atoms with Crippen molar-refractivity contribution >= 4 is 28.3 Å². The van der Waals surface area contributed by atoms with Crippen LogP contribution in [0.1, 0.15) is 33.5 Å². The van der Waals surface area contributed by atoms with Crippen LogP contribution < -0.4 is 5.32 Å². The molecule has 0 fully saturated rings. The predicted octanol–water partition coefficient (Wildman–Crippen LogP) is 2.86. The van der Waals surface area contributed by atoms with E-state index in [1.807, 2.05) is 19.1 Å². The molecular formula is C16H18N4OS. The summed E-state index contributed by atoms with van der Waals surface area (Å²) in [7, 11) is 0. The highest BCUT2D eigenvalue weighted by molar-refractivity contribution is 7.08. The Morgan fingerprint density at radius 1 is 1.36 bits per heavy atom. The van der Waals surface area contributed by atoms with E-state index in [0.717, 1.165) is 41.3 Å². The fourth-order valence-electron chi connectivity index (χ4n) is 2.65. The summed E-state index contributed by atoms with van der Waals surface area (Å²) in [4.78, 5) is 16.2. The Bertz CT molecular complexity index is 805. The van der Waals surface area contributed by atoms with E-state index in [2.05, 4.69) is 38.9 Å². The number of hydrogen-bond donors (Lipinski definition) is 2. The maximum absolute atomic E-state index is 12.2. The van der Waals surface area contributed by atoms with Crippen LogP contribution in [0.3, 0.4) is 0 Å². The molecule has 0 saturated heterocycles. The molecule has 1 aromatic carbocycles. The van der Waals surface area contributed by atoms with Crippen molar-refractivity contribution in [1.29, 1.82) is 0 Å². The van der Waals surface area contributed by atoms with E-state index >= 15 is 0 Å². The number of nitrogens with one attached hydrogen (secondary N) is 2. The van der Waals surface area contributed by atoms with Gasteiger partial charge in [0, 0.05) is 23.1 Å². The Labute approximate surface area is 132 Å². The number of carbonyl (C=O) groups excluding carboxylic acids is 1. The number of benzene rings is 1. The predicted molar refractivity (Wildman–Crippen MR) is 88.4 cm³/mol. The van der Waals surface area contributed by atoms with Crippen LogP contribution in [0, 0.1) is 6.92 Å². The van der Waals surface area contributed by atoms with Crippen LogP contribution >= 0.6 is 11.5 Å². The number of aromatic amines is 1. The van der Waals surface area contributed by atoms with Crippen LogP contribution in [-0.2, 0) is 12.8 Å². The highest BCUT2D eigenvalue weighted by atomic mass is 32.1. The van der Waals surface area contributed by atoms with E-state index in [1.165, 1.54) is 10.9 Å². The van der Waals surface area contributed by atoms with Crippen LogP contribution in [0.25, 0.3) is 10.9 Å². The number of amides is 1. The molecule has 0 atom stereocenters. The van der Waals surface area contributed by atoms with Crippen LogP contribution in [-0.4, -0.2) is 27.0 Å². The van der Waals surface area contributed by atoms with Crippen LogP contribution in [0.4, 0.5) is 0 Å². The van der Waals surface area contributed by atoms with Crippen molar-refractivity contribution in [3.63, 3.8) is 0 Å². The molecule has 22 heavy (non-hydrogen) atoms. The second kappa shape index (κ2) is 6.27. The van der Waals surface area contributed by atoms with E-state index in [0.29, 0.717) is 11.4 Å². The maximum Gasteiger partial charge on any atom is 0.264 e. The van der Waals surface area contributed by atoms with Gasteiger partial charge in [0.15, 0.2) is 0 Å². The second-order valence-corrected chi connectivity index (χ2v) is 5.94. The van der Waals surface area contributed by atoms with E-state index in [-0.39, 0.29) is 5.91 Å². The molecule has 0 bridgehead atoms. The minimum absolute atomic E-state index is 0.0793. The Hall–Kier alpha value is -2.21. The lowest BCUT2D eigenvalue weighted by Crippen LogP contribution is -2.25. The lowest BCUT2D eigenvalue weighted by molar-refractivity contribution is 0.0957. The van der Waals surface area contributed by atoms with Gasteiger partial charge in [-0.1, -0.05) is 29.6 Å². The minimum Gasteiger partial charge on any atom is -0.358 e. The first kappa shape index (κ1) is 14.7. The number of nitrogens with zero attached hydrogens (tertiary/aromatic N) is 2. The van der Waals surface area contributed by atoms with Gasteiger partial charge >= 0.3 is 0 Å². The molecule has 3 rings (SSSR count). The SMILES string of the molecule is CCc1nnsc1C(=O)NCCc1c(C)[nH]c2ccccc12. The van der Waals surface area contributed by atoms with Gasteiger partial charge in [0.1, 0.15) is 4.88 Å². The molecule has 3 aromatic rings. The summed E-state index contributed by atoms with van der Waals surface area (Å²) in [5.74, 6) is -0.0793. The first-order valence-electron chi connectivity index (χ1n) is 7.36. The lowest BCUT2D eigenvalue weighted by Gasteiger charge is -2.05. The van der Waals surface area contributed by atoms with E-state index < -0.39 is 0 Å².